The summed E-state index contributed by atoms with van der Waals surface area (Å²) in [6.07, 6.45) is 6.38. The Labute approximate surface area is 167 Å². The summed E-state index contributed by atoms with van der Waals surface area (Å²) in [5.74, 6) is 0. The van der Waals surface area contributed by atoms with Crippen molar-refractivity contribution in [2.45, 2.75) is 0 Å². The molecular formula is C20H12N6O4. The first-order chi connectivity index (χ1) is 14.5. The fourth-order valence-electron chi connectivity index (χ4n) is 3.43. The van der Waals surface area contributed by atoms with Crippen LogP contribution in [0.1, 0.15) is 22.8 Å². The Morgan fingerprint density at radius 2 is 1.13 bits per heavy atom. The van der Waals surface area contributed by atoms with Gasteiger partial charge in [0, 0.05) is 11.0 Å². The Morgan fingerprint density at radius 1 is 0.667 bits per heavy atom. The molecule has 5 heterocycles. The van der Waals surface area contributed by atoms with Gasteiger partial charge in [-0.05, 0) is 60.7 Å². The Balaban J connectivity index is 1.94. The normalized spacial score (nSPS) is 12.3. The second-order valence-electron chi connectivity index (χ2n) is 6.67. The third-order valence-corrected chi connectivity index (χ3v) is 4.71. The zero-order chi connectivity index (χ0) is 20.8. The lowest BCUT2D eigenvalue weighted by atomic mass is 10.2. The highest BCUT2D eigenvalue weighted by molar-refractivity contribution is 5.85. The van der Waals surface area contributed by atoms with Gasteiger partial charge < -0.3 is 9.97 Å². The van der Waals surface area contributed by atoms with Crippen LogP contribution in [0, 0.1) is 20.2 Å². The van der Waals surface area contributed by atoms with Gasteiger partial charge in [-0.1, -0.05) is 0 Å². The van der Waals surface area contributed by atoms with E-state index >= 15 is 0 Å². The van der Waals surface area contributed by atoms with Crippen LogP contribution < -0.4 is 0 Å². The largest absolute Gasteiger partial charge is 0.350 e. The van der Waals surface area contributed by atoms with Gasteiger partial charge in [-0.3, -0.25) is 20.2 Å². The molecule has 2 N–H and O–H groups in total. The van der Waals surface area contributed by atoms with Crippen LogP contribution >= 0.6 is 0 Å². The third-order valence-electron chi connectivity index (χ3n) is 4.71. The Morgan fingerprint density at radius 3 is 1.57 bits per heavy atom. The van der Waals surface area contributed by atoms with E-state index in [1.807, 2.05) is 0 Å². The molecule has 0 saturated carbocycles. The molecule has 10 heteroatoms. The highest BCUT2D eigenvalue weighted by atomic mass is 16.6. The number of hydrogen-bond donors (Lipinski definition) is 2. The first kappa shape index (κ1) is 17.5. The van der Waals surface area contributed by atoms with Crippen LogP contribution in [-0.4, -0.2) is 29.8 Å². The summed E-state index contributed by atoms with van der Waals surface area (Å²) in [7, 11) is 0. The Bertz CT molecular complexity index is 1370. The van der Waals surface area contributed by atoms with Gasteiger partial charge in [-0.25, -0.2) is 9.97 Å². The van der Waals surface area contributed by atoms with E-state index in [2.05, 4.69) is 19.9 Å². The molecule has 5 rings (SSSR count). The molecular weight excluding hydrogens is 388 g/mol. The van der Waals surface area contributed by atoms with Crippen molar-refractivity contribution in [1.29, 1.82) is 0 Å². The lowest BCUT2D eigenvalue weighted by molar-refractivity contribution is -0.385. The minimum Gasteiger partial charge on any atom is -0.350 e. The van der Waals surface area contributed by atoms with Gasteiger partial charge in [0.1, 0.15) is 22.4 Å². The van der Waals surface area contributed by atoms with E-state index in [-0.39, 0.29) is 22.8 Å². The average molecular weight is 400 g/mol. The number of nitrogens with one attached hydrogen (secondary N) is 2. The molecule has 0 fully saturated rings. The van der Waals surface area contributed by atoms with Crippen molar-refractivity contribution in [3.8, 4) is 0 Å². The van der Waals surface area contributed by atoms with Crippen molar-refractivity contribution >= 4 is 57.7 Å². The summed E-state index contributed by atoms with van der Waals surface area (Å²) in [6.45, 7) is 0. The van der Waals surface area contributed by atoms with E-state index in [0.717, 1.165) is 0 Å². The number of hydrogen-bond acceptors (Lipinski definition) is 6. The number of nitrogens with zero attached hydrogens (tertiary/aromatic N) is 4. The predicted octanol–water partition coefficient (Wildman–Crippen LogP) is 4.47. The Kier molecular flexibility index (Phi) is 3.78. The summed E-state index contributed by atoms with van der Waals surface area (Å²) >= 11 is 0. The van der Waals surface area contributed by atoms with Crippen LogP contribution in [0.15, 0.2) is 36.4 Å². The molecule has 2 aliphatic heterocycles. The second kappa shape index (κ2) is 6.48. The van der Waals surface area contributed by atoms with Gasteiger partial charge in [-0.15, -0.1) is 0 Å². The smallest absolute Gasteiger partial charge is 0.320 e. The zero-order valence-corrected chi connectivity index (χ0v) is 15.2. The molecule has 10 nitrogen and oxygen atoms in total. The molecule has 0 unspecified atom stereocenters. The number of aromatic nitrogens is 4. The molecule has 0 radical (unpaired) electrons. The molecule has 8 bridgehead atoms. The molecule has 146 valence electrons. The molecule has 3 aromatic rings. The van der Waals surface area contributed by atoms with E-state index < -0.39 is 9.85 Å². The lowest BCUT2D eigenvalue weighted by Crippen LogP contribution is -1.94. The van der Waals surface area contributed by atoms with Crippen LogP contribution in [0.2, 0.25) is 0 Å². The van der Waals surface area contributed by atoms with Gasteiger partial charge in [0.25, 0.3) is 0 Å². The molecule has 3 aromatic heterocycles. The first-order valence-electron chi connectivity index (χ1n) is 8.87. The van der Waals surface area contributed by atoms with Crippen LogP contribution in [-0.2, 0) is 0 Å². The van der Waals surface area contributed by atoms with Crippen molar-refractivity contribution < 1.29 is 9.85 Å². The van der Waals surface area contributed by atoms with Crippen LogP contribution in [0.3, 0.4) is 0 Å². The standard InChI is InChI=1S/C20H12N6O4/c27-25(28)19-15-5-1-11(21-15)9-12-2-6-17(22-12)20(26(29)30)18-8-4-14(24-18)10-13-3-7-16(19)23-13/h1-10,21,23H. The number of aromatic amines is 2. The van der Waals surface area contributed by atoms with E-state index in [4.69, 9.17) is 0 Å². The summed E-state index contributed by atoms with van der Waals surface area (Å²) in [6, 6.07) is 9.90. The maximum atomic E-state index is 11.7. The van der Waals surface area contributed by atoms with Gasteiger partial charge in [-0.2, -0.15) is 0 Å². The van der Waals surface area contributed by atoms with E-state index in [1.54, 1.807) is 60.7 Å². The molecule has 0 aromatic carbocycles. The van der Waals surface area contributed by atoms with Crippen molar-refractivity contribution in [3.63, 3.8) is 0 Å². The zero-order valence-electron chi connectivity index (χ0n) is 15.2. The molecule has 0 aliphatic carbocycles. The summed E-state index contributed by atoms with van der Waals surface area (Å²) < 4.78 is 0. The van der Waals surface area contributed by atoms with Crippen molar-refractivity contribution in [3.05, 3.63) is 79.4 Å². The van der Waals surface area contributed by atoms with Crippen molar-refractivity contribution in [2.75, 3.05) is 0 Å². The molecule has 2 aliphatic rings. The summed E-state index contributed by atoms with van der Waals surface area (Å²) in [5.41, 5.74) is 2.86. The molecule has 0 saturated heterocycles. The monoisotopic (exact) mass is 400 g/mol. The minimum atomic E-state index is -0.501. The number of nitro groups is 2. The molecule has 0 atom stereocenters. The lowest BCUT2D eigenvalue weighted by Gasteiger charge is -1.93. The predicted molar refractivity (Wildman–Crippen MR) is 112 cm³/mol. The van der Waals surface area contributed by atoms with Crippen LogP contribution in [0.5, 0.6) is 0 Å². The number of fused-ring (bicyclic) bond motifs is 8. The summed E-state index contributed by atoms with van der Waals surface area (Å²) in [5, 5.41) is 23.4. The second-order valence-corrected chi connectivity index (χ2v) is 6.67. The SMILES string of the molecule is O=[N+]([O-])c1c2nc(cc3ccc([nH]3)c([N+](=O)[O-])c3ccc(cc4nc1C=C4)[nH]3)C=C2. The third kappa shape index (κ3) is 2.92. The maximum absolute atomic E-state index is 11.7. The maximum Gasteiger partial charge on any atom is 0.320 e. The van der Waals surface area contributed by atoms with Gasteiger partial charge in [0.15, 0.2) is 0 Å². The molecule has 30 heavy (non-hydrogen) atoms. The number of H-pyrrole nitrogens is 2. The quantitative estimate of drug-likeness (QED) is 0.330. The minimum absolute atomic E-state index is 0.0994. The average Bonchev–Trinajstić information content (AvgIpc) is 3.46. The highest BCUT2D eigenvalue weighted by Gasteiger charge is 2.21. The fourth-order valence-corrected chi connectivity index (χ4v) is 3.43. The van der Waals surface area contributed by atoms with Crippen molar-refractivity contribution in [2.24, 2.45) is 0 Å². The first-order valence-corrected chi connectivity index (χ1v) is 8.87. The van der Waals surface area contributed by atoms with Crippen LogP contribution in [0.25, 0.3) is 46.4 Å². The summed E-state index contributed by atoms with van der Waals surface area (Å²) in [4.78, 5) is 37.1. The number of rotatable bonds is 2. The molecule has 0 spiro atoms. The molecule has 0 amide bonds. The van der Waals surface area contributed by atoms with E-state index in [0.29, 0.717) is 33.5 Å². The van der Waals surface area contributed by atoms with Crippen molar-refractivity contribution in [1.82, 2.24) is 19.9 Å². The van der Waals surface area contributed by atoms with Gasteiger partial charge in [0.2, 0.25) is 0 Å². The van der Waals surface area contributed by atoms with Gasteiger partial charge in [0.05, 0.1) is 21.2 Å². The Hall–Kier alpha value is -4.60. The topological polar surface area (TPSA) is 144 Å². The highest BCUT2D eigenvalue weighted by Crippen LogP contribution is 2.29. The van der Waals surface area contributed by atoms with Crippen LogP contribution in [0.4, 0.5) is 11.4 Å². The van der Waals surface area contributed by atoms with E-state index in [9.17, 15) is 20.2 Å². The fraction of sp³-hybridized carbons (Fsp3) is 0. The van der Waals surface area contributed by atoms with E-state index in [1.165, 1.54) is 0 Å². The van der Waals surface area contributed by atoms with Gasteiger partial charge >= 0.3 is 11.4 Å².